The lowest BCUT2D eigenvalue weighted by molar-refractivity contribution is -0.146. The highest BCUT2D eigenvalue weighted by molar-refractivity contribution is 6.35. The Balaban J connectivity index is 1.34. The minimum Gasteiger partial charge on any atom is -0.356 e. The molecule has 3 fully saturated rings. The second kappa shape index (κ2) is 7.70. The number of amides is 2. The summed E-state index contributed by atoms with van der Waals surface area (Å²) >= 11 is 0. The first kappa shape index (κ1) is 18.0. The van der Waals surface area contributed by atoms with Gasteiger partial charge >= 0.3 is 11.8 Å². The van der Waals surface area contributed by atoms with Gasteiger partial charge in [-0.1, -0.05) is 6.92 Å². The van der Waals surface area contributed by atoms with Crippen LogP contribution in [0, 0.1) is 5.92 Å². The maximum Gasteiger partial charge on any atom is 0.312 e. The number of anilines is 2. The van der Waals surface area contributed by atoms with Gasteiger partial charge in [0.05, 0.1) is 0 Å². The summed E-state index contributed by atoms with van der Waals surface area (Å²) in [5.41, 5.74) is 0. The van der Waals surface area contributed by atoms with Gasteiger partial charge in [-0.15, -0.1) is 0 Å². The molecule has 27 heavy (non-hydrogen) atoms. The summed E-state index contributed by atoms with van der Waals surface area (Å²) in [6.07, 6.45) is 6.07. The van der Waals surface area contributed by atoms with Gasteiger partial charge in [0.2, 0.25) is 0 Å². The van der Waals surface area contributed by atoms with Crippen LogP contribution in [0.15, 0.2) is 12.4 Å². The Kier molecular flexibility index (Phi) is 5.13. The van der Waals surface area contributed by atoms with Crippen molar-refractivity contribution >= 4 is 23.5 Å². The van der Waals surface area contributed by atoms with E-state index in [1.807, 2.05) is 0 Å². The molecule has 4 rings (SSSR count). The lowest BCUT2D eigenvalue weighted by atomic mass is 10.0. The van der Waals surface area contributed by atoms with Crippen LogP contribution in [0.5, 0.6) is 0 Å². The number of carbonyl (C=O) groups is 2. The first-order valence-electron chi connectivity index (χ1n) is 10.0. The maximum absolute atomic E-state index is 12.3. The zero-order valence-electron chi connectivity index (χ0n) is 15.9. The average molecular weight is 372 g/mol. The fourth-order valence-electron chi connectivity index (χ4n) is 3.84. The van der Waals surface area contributed by atoms with E-state index < -0.39 is 11.8 Å². The van der Waals surface area contributed by atoms with E-state index in [1.165, 1.54) is 12.8 Å². The molecule has 3 heterocycles. The first-order valence-corrected chi connectivity index (χ1v) is 10.0. The van der Waals surface area contributed by atoms with Crippen molar-refractivity contribution < 1.29 is 9.59 Å². The Labute approximate surface area is 159 Å². The summed E-state index contributed by atoms with van der Waals surface area (Å²) in [5, 5.41) is 2.77. The minimum atomic E-state index is -0.463. The molecule has 1 aliphatic carbocycles. The van der Waals surface area contributed by atoms with Gasteiger partial charge in [-0.2, -0.15) is 0 Å². The largest absolute Gasteiger partial charge is 0.356 e. The van der Waals surface area contributed by atoms with Gasteiger partial charge in [-0.3, -0.25) is 9.59 Å². The molecule has 0 radical (unpaired) electrons. The molecule has 2 aliphatic heterocycles. The van der Waals surface area contributed by atoms with Gasteiger partial charge in [-0.05, 0) is 31.6 Å². The molecule has 2 saturated heterocycles. The summed E-state index contributed by atoms with van der Waals surface area (Å²) in [6, 6.07) is 2.26. The van der Waals surface area contributed by atoms with Crippen LogP contribution >= 0.6 is 0 Å². The van der Waals surface area contributed by atoms with Crippen molar-refractivity contribution in [3.05, 3.63) is 12.4 Å². The summed E-state index contributed by atoms with van der Waals surface area (Å²) < 4.78 is 0. The van der Waals surface area contributed by atoms with E-state index in [0.717, 1.165) is 37.6 Å². The highest BCUT2D eigenvalue weighted by Crippen LogP contribution is 2.24. The molecular weight excluding hydrogens is 344 g/mol. The Morgan fingerprint density at radius 1 is 1.00 bits per heavy atom. The van der Waals surface area contributed by atoms with Crippen LogP contribution in [0.3, 0.4) is 0 Å². The summed E-state index contributed by atoms with van der Waals surface area (Å²) in [7, 11) is 0. The summed E-state index contributed by atoms with van der Waals surface area (Å²) in [5.74, 6) is 1.69. The van der Waals surface area contributed by atoms with E-state index in [9.17, 15) is 9.59 Å². The second-order valence-electron chi connectivity index (χ2n) is 7.95. The molecule has 0 spiro atoms. The molecule has 1 unspecified atom stereocenters. The SMILES string of the molecule is CC1CCCN(c2cc(N3CCN(C(=O)C(=O)NC4CC4)CC3)ncn2)C1. The van der Waals surface area contributed by atoms with Gasteiger partial charge in [-0.25, -0.2) is 9.97 Å². The van der Waals surface area contributed by atoms with Crippen molar-refractivity contribution in [2.75, 3.05) is 49.1 Å². The van der Waals surface area contributed by atoms with Crippen LogP contribution in [0.4, 0.5) is 11.6 Å². The molecule has 8 nitrogen and oxygen atoms in total. The zero-order chi connectivity index (χ0) is 18.8. The third-order valence-corrected chi connectivity index (χ3v) is 5.62. The van der Waals surface area contributed by atoms with Crippen LogP contribution in [-0.4, -0.2) is 72.0 Å². The molecular formula is C19H28N6O2. The average Bonchev–Trinajstić information content (AvgIpc) is 3.51. The topological polar surface area (TPSA) is 81.7 Å². The standard InChI is InChI=1S/C19H28N6O2/c1-14-3-2-6-25(12-14)17-11-16(20-13-21-17)23-7-9-24(10-8-23)19(27)18(26)22-15-4-5-15/h11,13-15H,2-10,12H2,1H3,(H,22,26). The molecule has 8 heteroatoms. The quantitative estimate of drug-likeness (QED) is 0.785. The first-order chi connectivity index (χ1) is 13.1. The predicted molar refractivity (Wildman–Crippen MR) is 103 cm³/mol. The molecule has 0 bridgehead atoms. The minimum absolute atomic E-state index is 0.208. The van der Waals surface area contributed by atoms with E-state index >= 15 is 0 Å². The summed E-state index contributed by atoms with van der Waals surface area (Å²) in [6.45, 7) is 6.79. The van der Waals surface area contributed by atoms with Crippen molar-refractivity contribution in [3.63, 3.8) is 0 Å². The molecule has 1 aromatic rings. The Morgan fingerprint density at radius 3 is 2.37 bits per heavy atom. The number of hydrogen-bond acceptors (Lipinski definition) is 6. The number of hydrogen-bond donors (Lipinski definition) is 1. The zero-order valence-corrected chi connectivity index (χ0v) is 15.9. The normalized spacial score (nSPS) is 23.3. The predicted octanol–water partition coefficient (Wildman–Crippen LogP) is 0.640. The Hall–Kier alpha value is -2.38. The fourth-order valence-corrected chi connectivity index (χ4v) is 3.84. The Bertz CT molecular complexity index is 699. The van der Waals surface area contributed by atoms with Crippen LogP contribution < -0.4 is 15.1 Å². The van der Waals surface area contributed by atoms with Crippen molar-refractivity contribution in [2.45, 2.75) is 38.6 Å². The second-order valence-corrected chi connectivity index (χ2v) is 7.95. The van der Waals surface area contributed by atoms with E-state index in [0.29, 0.717) is 32.1 Å². The number of carbonyl (C=O) groups excluding carboxylic acids is 2. The highest BCUT2D eigenvalue weighted by atomic mass is 16.2. The van der Waals surface area contributed by atoms with Crippen molar-refractivity contribution in [1.82, 2.24) is 20.2 Å². The molecule has 1 aromatic heterocycles. The third-order valence-electron chi connectivity index (χ3n) is 5.62. The van der Waals surface area contributed by atoms with Crippen LogP contribution in [0.25, 0.3) is 0 Å². The molecule has 0 aromatic carbocycles. The summed E-state index contributed by atoms with van der Waals surface area (Å²) in [4.78, 5) is 39.2. The van der Waals surface area contributed by atoms with Gasteiger partial charge in [0.15, 0.2) is 0 Å². The molecule has 1 N–H and O–H groups in total. The van der Waals surface area contributed by atoms with Crippen molar-refractivity contribution in [2.24, 2.45) is 5.92 Å². The van der Waals surface area contributed by atoms with Crippen LogP contribution in [-0.2, 0) is 9.59 Å². The highest BCUT2D eigenvalue weighted by Gasteiger charge is 2.31. The van der Waals surface area contributed by atoms with Gasteiger partial charge < -0.3 is 20.0 Å². The van der Waals surface area contributed by atoms with E-state index in [-0.39, 0.29) is 6.04 Å². The maximum atomic E-state index is 12.3. The smallest absolute Gasteiger partial charge is 0.312 e. The lowest BCUT2D eigenvalue weighted by Crippen LogP contribution is -2.53. The number of rotatable bonds is 3. The van der Waals surface area contributed by atoms with E-state index in [4.69, 9.17) is 0 Å². The van der Waals surface area contributed by atoms with Gasteiger partial charge in [0.1, 0.15) is 18.0 Å². The number of aromatic nitrogens is 2. The molecule has 1 saturated carbocycles. The molecule has 1 atom stereocenters. The lowest BCUT2D eigenvalue weighted by Gasteiger charge is -2.36. The number of nitrogens with one attached hydrogen (secondary N) is 1. The molecule has 146 valence electrons. The van der Waals surface area contributed by atoms with E-state index in [2.05, 4.69) is 38.1 Å². The van der Waals surface area contributed by atoms with Crippen LogP contribution in [0.1, 0.15) is 32.6 Å². The van der Waals surface area contributed by atoms with Crippen molar-refractivity contribution in [3.8, 4) is 0 Å². The molecule has 3 aliphatic rings. The number of piperidine rings is 1. The van der Waals surface area contributed by atoms with Crippen LogP contribution in [0.2, 0.25) is 0 Å². The molecule has 2 amide bonds. The number of piperazine rings is 1. The third kappa shape index (κ3) is 4.31. The fraction of sp³-hybridized carbons (Fsp3) is 0.684. The number of nitrogens with zero attached hydrogens (tertiary/aromatic N) is 5. The van der Waals surface area contributed by atoms with E-state index in [1.54, 1.807) is 11.2 Å². The van der Waals surface area contributed by atoms with Crippen molar-refractivity contribution in [1.29, 1.82) is 0 Å². The monoisotopic (exact) mass is 372 g/mol. The van der Waals surface area contributed by atoms with Gasteiger partial charge in [0, 0.05) is 51.4 Å². The van der Waals surface area contributed by atoms with Gasteiger partial charge in [0.25, 0.3) is 0 Å². The Morgan fingerprint density at radius 2 is 1.70 bits per heavy atom.